The summed E-state index contributed by atoms with van der Waals surface area (Å²) >= 11 is 0. The minimum absolute atomic E-state index is 0.0915. The third kappa shape index (κ3) is 4.62. The lowest BCUT2D eigenvalue weighted by atomic mass is 9.99. The molecule has 0 amide bonds. The van der Waals surface area contributed by atoms with Crippen molar-refractivity contribution in [1.82, 2.24) is 5.43 Å². The van der Waals surface area contributed by atoms with Gasteiger partial charge in [-0.1, -0.05) is 17.7 Å². The van der Waals surface area contributed by atoms with Gasteiger partial charge in [0, 0.05) is 18.0 Å². The van der Waals surface area contributed by atoms with Gasteiger partial charge in [0.15, 0.2) is 0 Å². The van der Waals surface area contributed by atoms with Gasteiger partial charge in [-0.05, 0) is 25.8 Å². The number of nitrogens with one attached hydrogen (secondary N) is 1. The van der Waals surface area contributed by atoms with E-state index < -0.39 is 24.5 Å². The summed E-state index contributed by atoms with van der Waals surface area (Å²) in [5.74, 6) is 4.81. The highest BCUT2D eigenvalue weighted by molar-refractivity contribution is 5.26. The van der Waals surface area contributed by atoms with Crippen LogP contribution in [0.5, 0.6) is 0 Å². The molecule has 1 aromatic rings. The summed E-state index contributed by atoms with van der Waals surface area (Å²) in [6, 6.07) is 3.88. The molecule has 102 valence electrons. The summed E-state index contributed by atoms with van der Waals surface area (Å²) in [7, 11) is 0. The summed E-state index contributed by atoms with van der Waals surface area (Å²) < 4.78 is 49.6. The van der Waals surface area contributed by atoms with Crippen LogP contribution < -0.4 is 11.3 Å². The smallest absolute Gasteiger partial charge is 0.271 e. The molecule has 1 atom stereocenters. The molecule has 0 aliphatic heterocycles. The van der Waals surface area contributed by atoms with Gasteiger partial charge in [0.25, 0.3) is 0 Å². The van der Waals surface area contributed by atoms with Crippen molar-refractivity contribution in [1.29, 1.82) is 0 Å². The molecule has 0 radical (unpaired) electrons. The summed E-state index contributed by atoms with van der Waals surface area (Å²) in [6.07, 6.45) is -5.04. The van der Waals surface area contributed by atoms with Crippen LogP contribution in [-0.2, 0) is 0 Å². The third-order valence-corrected chi connectivity index (χ3v) is 2.68. The molecule has 1 aromatic carbocycles. The van der Waals surface area contributed by atoms with Crippen molar-refractivity contribution in [2.45, 2.75) is 38.4 Å². The molecule has 0 aliphatic carbocycles. The third-order valence-electron chi connectivity index (χ3n) is 2.68. The standard InChI is InChI=1S/C12H16F4N2/c1-8-4-5-10(13)9(7-8)11(18-17)3-2-6-12(14,15)16/h4-5,7,11,18H,2-3,6,17H2,1H3. The zero-order chi connectivity index (χ0) is 13.8. The Balaban J connectivity index is 2.68. The maximum atomic E-state index is 13.6. The fourth-order valence-electron chi connectivity index (χ4n) is 1.77. The normalized spacial score (nSPS) is 13.7. The Labute approximate surface area is 103 Å². The molecule has 0 bridgehead atoms. The minimum Gasteiger partial charge on any atom is -0.271 e. The van der Waals surface area contributed by atoms with Crippen molar-refractivity contribution >= 4 is 0 Å². The zero-order valence-corrected chi connectivity index (χ0v) is 10.0. The van der Waals surface area contributed by atoms with Gasteiger partial charge >= 0.3 is 6.18 Å². The second kappa shape index (κ2) is 6.15. The maximum absolute atomic E-state index is 13.6. The first kappa shape index (κ1) is 14.9. The molecular weight excluding hydrogens is 248 g/mol. The fourth-order valence-corrected chi connectivity index (χ4v) is 1.77. The van der Waals surface area contributed by atoms with Crippen molar-refractivity contribution in [2.75, 3.05) is 0 Å². The Morgan fingerprint density at radius 3 is 2.56 bits per heavy atom. The van der Waals surface area contributed by atoms with E-state index in [0.29, 0.717) is 5.56 Å². The summed E-state index contributed by atoms with van der Waals surface area (Å²) in [5, 5.41) is 0. The molecule has 0 fully saturated rings. The average molecular weight is 264 g/mol. The lowest BCUT2D eigenvalue weighted by molar-refractivity contribution is -0.135. The lowest BCUT2D eigenvalue weighted by Crippen LogP contribution is -2.29. The number of hydrogen-bond donors (Lipinski definition) is 2. The summed E-state index contributed by atoms with van der Waals surface area (Å²) in [5.41, 5.74) is 3.51. The van der Waals surface area contributed by atoms with Crippen molar-refractivity contribution in [3.8, 4) is 0 Å². The second-order valence-corrected chi connectivity index (χ2v) is 4.25. The number of alkyl halides is 3. The maximum Gasteiger partial charge on any atom is 0.389 e. The fraction of sp³-hybridized carbons (Fsp3) is 0.500. The van der Waals surface area contributed by atoms with Gasteiger partial charge in [-0.2, -0.15) is 13.2 Å². The number of benzene rings is 1. The van der Waals surface area contributed by atoms with E-state index in [1.165, 1.54) is 6.07 Å². The van der Waals surface area contributed by atoms with Gasteiger partial charge in [0.2, 0.25) is 0 Å². The van der Waals surface area contributed by atoms with Gasteiger partial charge in [-0.15, -0.1) is 0 Å². The first-order valence-electron chi connectivity index (χ1n) is 5.62. The Bertz CT molecular complexity index is 390. The van der Waals surface area contributed by atoms with E-state index in [4.69, 9.17) is 5.84 Å². The first-order chi connectivity index (χ1) is 8.33. The average Bonchev–Trinajstić information content (AvgIpc) is 2.27. The molecule has 0 heterocycles. The summed E-state index contributed by atoms with van der Waals surface area (Å²) in [4.78, 5) is 0. The van der Waals surface area contributed by atoms with E-state index in [1.807, 2.05) is 0 Å². The molecule has 3 N–H and O–H groups in total. The number of nitrogens with two attached hydrogens (primary N) is 1. The van der Waals surface area contributed by atoms with E-state index in [9.17, 15) is 17.6 Å². The Morgan fingerprint density at radius 2 is 2.00 bits per heavy atom. The number of halogens is 4. The van der Waals surface area contributed by atoms with Crippen LogP contribution in [0.3, 0.4) is 0 Å². The van der Waals surface area contributed by atoms with Gasteiger partial charge < -0.3 is 0 Å². The topological polar surface area (TPSA) is 38.0 Å². The Hall–Kier alpha value is -1.14. The highest BCUT2D eigenvalue weighted by Gasteiger charge is 2.27. The van der Waals surface area contributed by atoms with E-state index in [0.717, 1.165) is 5.56 Å². The molecule has 0 aliphatic rings. The molecule has 0 saturated carbocycles. The number of aryl methyl sites for hydroxylation is 1. The van der Waals surface area contributed by atoms with Crippen LogP contribution >= 0.6 is 0 Å². The van der Waals surface area contributed by atoms with Crippen molar-refractivity contribution in [2.24, 2.45) is 5.84 Å². The first-order valence-corrected chi connectivity index (χ1v) is 5.62. The lowest BCUT2D eigenvalue weighted by Gasteiger charge is -2.18. The largest absolute Gasteiger partial charge is 0.389 e. The van der Waals surface area contributed by atoms with Crippen molar-refractivity contribution in [3.05, 3.63) is 35.1 Å². The highest BCUT2D eigenvalue weighted by Crippen LogP contribution is 2.27. The van der Waals surface area contributed by atoms with Gasteiger partial charge in [-0.3, -0.25) is 11.3 Å². The van der Waals surface area contributed by atoms with Crippen LogP contribution in [0.4, 0.5) is 17.6 Å². The van der Waals surface area contributed by atoms with Crippen molar-refractivity contribution < 1.29 is 17.6 Å². The van der Waals surface area contributed by atoms with Crippen LogP contribution in [-0.4, -0.2) is 6.18 Å². The molecule has 18 heavy (non-hydrogen) atoms. The van der Waals surface area contributed by atoms with E-state index >= 15 is 0 Å². The zero-order valence-electron chi connectivity index (χ0n) is 10.0. The van der Waals surface area contributed by atoms with Crippen LogP contribution in [0.1, 0.15) is 36.4 Å². The van der Waals surface area contributed by atoms with Gasteiger partial charge in [0.1, 0.15) is 5.82 Å². The van der Waals surface area contributed by atoms with E-state index in [-0.39, 0.29) is 12.8 Å². The molecule has 6 heteroatoms. The minimum atomic E-state index is -4.19. The van der Waals surface area contributed by atoms with Crippen LogP contribution in [0.15, 0.2) is 18.2 Å². The summed E-state index contributed by atoms with van der Waals surface area (Å²) in [6.45, 7) is 1.78. The van der Waals surface area contributed by atoms with E-state index in [1.54, 1.807) is 19.1 Å². The van der Waals surface area contributed by atoms with Crippen LogP contribution in [0.2, 0.25) is 0 Å². The molecule has 2 nitrogen and oxygen atoms in total. The van der Waals surface area contributed by atoms with Gasteiger partial charge in [-0.25, -0.2) is 4.39 Å². The SMILES string of the molecule is Cc1ccc(F)c(C(CCCC(F)(F)F)NN)c1. The second-order valence-electron chi connectivity index (χ2n) is 4.25. The quantitative estimate of drug-likeness (QED) is 0.486. The Morgan fingerprint density at radius 1 is 1.33 bits per heavy atom. The van der Waals surface area contributed by atoms with Crippen LogP contribution in [0.25, 0.3) is 0 Å². The number of hydrogen-bond acceptors (Lipinski definition) is 2. The number of hydrazine groups is 1. The molecule has 1 rings (SSSR count). The van der Waals surface area contributed by atoms with E-state index in [2.05, 4.69) is 5.43 Å². The monoisotopic (exact) mass is 264 g/mol. The van der Waals surface area contributed by atoms with Crippen LogP contribution in [0, 0.1) is 12.7 Å². The molecule has 0 saturated heterocycles. The van der Waals surface area contributed by atoms with Gasteiger partial charge in [0.05, 0.1) is 0 Å². The molecular formula is C12H16F4N2. The predicted molar refractivity (Wildman–Crippen MR) is 61.1 cm³/mol. The highest BCUT2D eigenvalue weighted by atomic mass is 19.4. The Kier molecular flexibility index (Phi) is 5.10. The molecule has 1 unspecified atom stereocenters. The molecule has 0 aromatic heterocycles. The van der Waals surface area contributed by atoms with Crippen molar-refractivity contribution in [3.63, 3.8) is 0 Å². The number of rotatable bonds is 5. The predicted octanol–water partition coefficient (Wildman–Crippen LogP) is 3.37. The molecule has 0 spiro atoms.